The molecule has 0 atom stereocenters. The van der Waals surface area contributed by atoms with Gasteiger partial charge < -0.3 is 31.2 Å². The first-order valence-electron chi connectivity index (χ1n) is 13.8. The second kappa shape index (κ2) is 15.9. The maximum atomic E-state index is 5.61. The minimum absolute atomic E-state index is 0.411. The normalized spacial score (nSPS) is 13.5. The molecule has 2 aromatic carbocycles. The predicted octanol–water partition coefficient (Wildman–Crippen LogP) is 4.03. The van der Waals surface area contributed by atoms with Gasteiger partial charge in [-0.15, -0.1) is 0 Å². The first kappa shape index (κ1) is 27.8. The van der Waals surface area contributed by atoms with E-state index in [0.29, 0.717) is 69.9 Å². The number of aromatic nitrogens is 3. The molecule has 1 aliphatic rings. The number of hydrogen-bond donors (Lipinski definition) is 4. The standard InChI is InChI=1S/C29H41N7O2/c30-16-18-37-20-21-38-19-17-31-27-34-28(36-29(35-27)33-26-12-6-7-13-26)32-22-25-11-5-4-10-24(25)15-14-23-8-2-1-3-9-23/h1-5,8-11,26H,6-7,12-22,30H2,(H3,31,32,33,34,35,36). The smallest absolute Gasteiger partial charge is 0.229 e. The van der Waals surface area contributed by atoms with Gasteiger partial charge in [0, 0.05) is 25.7 Å². The highest BCUT2D eigenvalue weighted by Gasteiger charge is 2.17. The molecule has 204 valence electrons. The predicted molar refractivity (Wildman–Crippen MR) is 153 cm³/mol. The second-order valence-corrected chi connectivity index (χ2v) is 9.48. The molecule has 1 fully saturated rings. The molecule has 9 nitrogen and oxygen atoms in total. The van der Waals surface area contributed by atoms with E-state index in [0.717, 1.165) is 25.7 Å². The molecule has 1 heterocycles. The summed E-state index contributed by atoms with van der Waals surface area (Å²) in [5.41, 5.74) is 9.34. The van der Waals surface area contributed by atoms with Gasteiger partial charge >= 0.3 is 0 Å². The molecule has 3 aromatic rings. The van der Waals surface area contributed by atoms with Crippen molar-refractivity contribution in [1.29, 1.82) is 0 Å². The zero-order valence-corrected chi connectivity index (χ0v) is 22.2. The van der Waals surface area contributed by atoms with E-state index in [9.17, 15) is 0 Å². The zero-order chi connectivity index (χ0) is 26.3. The topological polar surface area (TPSA) is 119 Å². The number of nitrogens with two attached hydrogens (primary N) is 1. The number of benzene rings is 2. The van der Waals surface area contributed by atoms with Gasteiger partial charge in [-0.1, -0.05) is 67.4 Å². The van der Waals surface area contributed by atoms with Gasteiger partial charge in [0.15, 0.2) is 0 Å². The van der Waals surface area contributed by atoms with Crippen LogP contribution in [0.3, 0.4) is 0 Å². The summed E-state index contributed by atoms with van der Waals surface area (Å²) in [5.74, 6) is 1.69. The molecule has 5 N–H and O–H groups in total. The molecule has 9 heteroatoms. The molecule has 1 aromatic heterocycles. The van der Waals surface area contributed by atoms with E-state index >= 15 is 0 Å². The molecule has 4 rings (SSSR count). The maximum absolute atomic E-state index is 5.61. The molecule has 0 aliphatic heterocycles. The number of nitrogens with zero attached hydrogens (tertiary/aromatic N) is 3. The van der Waals surface area contributed by atoms with Gasteiger partial charge in [-0.25, -0.2) is 0 Å². The van der Waals surface area contributed by atoms with Gasteiger partial charge in [0.2, 0.25) is 17.8 Å². The lowest BCUT2D eigenvalue weighted by atomic mass is 10.00. The monoisotopic (exact) mass is 519 g/mol. The Balaban J connectivity index is 1.35. The fraction of sp³-hybridized carbons (Fsp3) is 0.483. The molecule has 0 unspecified atom stereocenters. The molecule has 0 bridgehead atoms. The average molecular weight is 520 g/mol. The van der Waals surface area contributed by atoms with Crippen LogP contribution in [-0.4, -0.2) is 60.5 Å². The Morgan fingerprint density at radius 1 is 0.711 bits per heavy atom. The van der Waals surface area contributed by atoms with Crippen LogP contribution in [0.15, 0.2) is 54.6 Å². The van der Waals surface area contributed by atoms with Crippen LogP contribution in [0.4, 0.5) is 17.8 Å². The van der Waals surface area contributed by atoms with Crippen LogP contribution in [0.25, 0.3) is 0 Å². The Bertz CT molecular complexity index is 1080. The molecule has 38 heavy (non-hydrogen) atoms. The van der Waals surface area contributed by atoms with Crippen LogP contribution in [0.1, 0.15) is 42.4 Å². The lowest BCUT2D eigenvalue weighted by molar-refractivity contribution is 0.0547. The Labute approximate surface area is 226 Å². The third-order valence-electron chi connectivity index (χ3n) is 6.57. The van der Waals surface area contributed by atoms with Crippen molar-refractivity contribution in [2.45, 2.75) is 51.1 Å². The van der Waals surface area contributed by atoms with Crippen molar-refractivity contribution in [3.8, 4) is 0 Å². The van der Waals surface area contributed by atoms with E-state index < -0.39 is 0 Å². The van der Waals surface area contributed by atoms with Crippen LogP contribution >= 0.6 is 0 Å². The number of hydrogen-bond acceptors (Lipinski definition) is 9. The lowest BCUT2D eigenvalue weighted by Crippen LogP contribution is -2.20. The van der Waals surface area contributed by atoms with Crippen molar-refractivity contribution in [3.63, 3.8) is 0 Å². The summed E-state index contributed by atoms with van der Waals surface area (Å²) >= 11 is 0. The van der Waals surface area contributed by atoms with Gasteiger partial charge in [0.1, 0.15) is 0 Å². The molecule has 0 amide bonds. The number of rotatable bonds is 17. The van der Waals surface area contributed by atoms with E-state index in [1.807, 2.05) is 0 Å². The summed E-state index contributed by atoms with van der Waals surface area (Å²) in [6, 6.07) is 19.6. The highest BCUT2D eigenvalue weighted by atomic mass is 16.5. The van der Waals surface area contributed by atoms with Crippen LogP contribution in [0.5, 0.6) is 0 Å². The van der Waals surface area contributed by atoms with Crippen LogP contribution in [0, 0.1) is 0 Å². The molecular formula is C29H41N7O2. The Morgan fingerprint density at radius 3 is 2.13 bits per heavy atom. The first-order valence-corrected chi connectivity index (χ1v) is 13.8. The first-order chi connectivity index (χ1) is 18.8. The molecule has 1 aliphatic carbocycles. The third kappa shape index (κ3) is 9.55. The van der Waals surface area contributed by atoms with Crippen molar-refractivity contribution in [3.05, 3.63) is 71.3 Å². The lowest BCUT2D eigenvalue weighted by Gasteiger charge is -2.15. The summed E-state index contributed by atoms with van der Waals surface area (Å²) in [5, 5.41) is 10.2. The third-order valence-corrected chi connectivity index (χ3v) is 6.57. The van der Waals surface area contributed by atoms with Crippen LogP contribution in [-0.2, 0) is 28.9 Å². The minimum atomic E-state index is 0.411. The fourth-order valence-corrected chi connectivity index (χ4v) is 4.56. The second-order valence-electron chi connectivity index (χ2n) is 9.48. The van der Waals surface area contributed by atoms with Crippen LogP contribution in [0.2, 0.25) is 0 Å². The average Bonchev–Trinajstić information content (AvgIpc) is 3.46. The summed E-state index contributed by atoms with van der Waals surface area (Å²) in [7, 11) is 0. The fourth-order valence-electron chi connectivity index (χ4n) is 4.56. The maximum Gasteiger partial charge on any atom is 0.229 e. The van der Waals surface area contributed by atoms with E-state index in [-0.39, 0.29) is 0 Å². The van der Waals surface area contributed by atoms with Crippen molar-refractivity contribution in [2.75, 3.05) is 55.5 Å². The Hall–Kier alpha value is -3.27. The molecule has 1 saturated carbocycles. The van der Waals surface area contributed by atoms with Crippen molar-refractivity contribution in [1.82, 2.24) is 15.0 Å². The highest BCUT2D eigenvalue weighted by molar-refractivity contribution is 5.43. The van der Waals surface area contributed by atoms with E-state index in [1.54, 1.807) is 0 Å². The summed E-state index contributed by atoms with van der Waals surface area (Å²) < 4.78 is 10.9. The molecule has 0 spiro atoms. The van der Waals surface area contributed by atoms with Gasteiger partial charge in [-0.05, 0) is 42.4 Å². The number of anilines is 3. The SMILES string of the molecule is NCCOCCOCCNc1nc(NCc2ccccc2CCc2ccccc2)nc(NC2CCCC2)n1. The van der Waals surface area contributed by atoms with Gasteiger partial charge in [0.05, 0.1) is 26.4 Å². The summed E-state index contributed by atoms with van der Waals surface area (Å²) in [4.78, 5) is 13.9. The van der Waals surface area contributed by atoms with E-state index in [2.05, 4.69) is 85.5 Å². The van der Waals surface area contributed by atoms with Crippen molar-refractivity contribution in [2.24, 2.45) is 5.73 Å². The summed E-state index contributed by atoms with van der Waals surface area (Å²) in [6.45, 7) is 3.91. The Kier molecular flexibility index (Phi) is 11.6. The van der Waals surface area contributed by atoms with Crippen molar-refractivity contribution >= 4 is 17.8 Å². The highest BCUT2D eigenvalue weighted by Crippen LogP contribution is 2.22. The van der Waals surface area contributed by atoms with Crippen molar-refractivity contribution < 1.29 is 9.47 Å². The Morgan fingerprint density at radius 2 is 1.37 bits per heavy atom. The summed E-state index contributed by atoms with van der Waals surface area (Å²) in [6.07, 6.45) is 6.76. The minimum Gasteiger partial charge on any atom is -0.378 e. The van der Waals surface area contributed by atoms with Gasteiger partial charge in [-0.3, -0.25) is 0 Å². The largest absolute Gasteiger partial charge is 0.378 e. The molecular weight excluding hydrogens is 478 g/mol. The van der Waals surface area contributed by atoms with E-state index in [4.69, 9.17) is 15.2 Å². The van der Waals surface area contributed by atoms with Gasteiger partial charge in [-0.2, -0.15) is 15.0 Å². The quantitative estimate of drug-likeness (QED) is 0.196. The van der Waals surface area contributed by atoms with Crippen LogP contribution < -0.4 is 21.7 Å². The van der Waals surface area contributed by atoms with E-state index in [1.165, 1.54) is 29.5 Å². The number of ether oxygens (including phenoxy) is 2. The number of nitrogens with one attached hydrogen (secondary N) is 3. The zero-order valence-electron chi connectivity index (χ0n) is 22.2. The molecule has 0 saturated heterocycles. The molecule has 0 radical (unpaired) electrons. The van der Waals surface area contributed by atoms with Gasteiger partial charge in [0.25, 0.3) is 0 Å². The number of aryl methyl sites for hydroxylation is 2.